The van der Waals surface area contributed by atoms with Crippen molar-refractivity contribution in [3.63, 3.8) is 0 Å². The van der Waals surface area contributed by atoms with E-state index in [4.69, 9.17) is 10.8 Å². The number of carboxylic acid groups (broad SMARTS) is 1. The normalized spacial score (nSPS) is 11.4. The van der Waals surface area contributed by atoms with E-state index in [1.807, 2.05) is 10.8 Å². The van der Waals surface area contributed by atoms with Crippen LogP contribution in [0, 0.1) is 0 Å². The lowest BCUT2D eigenvalue weighted by atomic mass is 10.2. The van der Waals surface area contributed by atoms with Crippen LogP contribution in [0.2, 0.25) is 0 Å². The number of nitrogens with one attached hydrogen (secondary N) is 1. The van der Waals surface area contributed by atoms with Crippen molar-refractivity contribution in [2.24, 2.45) is 0 Å². The molecule has 4 N–H and O–H groups in total. The highest BCUT2D eigenvalue weighted by atomic mass is 32.2. The van der Waals surface area contributed by atoms with Crippen molar-refractivity contribution in [1.29, 1.82) is 0 Å². The second-order valence-corrected chi connectivity index (χ2v) is 6.53. The fourth-order valence-corrected chi connectivity index (χ4v) is 3.46. The lowest BCUT2D eigenvalue weighted by Gasteiger charge is -2.09. The monoisotopic (exact) mass is 312 g/mol. The van der Waals surface area contributed by atoms with Gasteiger partial charge in [-0.1, -0.05) is 0 Å². The van der Waals surface area contributed by atoms with Crippen LogP contribution in [0.5, 0.6) is 0 Å². The molecule has 1 aromatic heterocycles. The molecule has 0 bridgehead atoms. The number of nitrogen functional groups attached to an aromatic ring is 1. The van der Waals surface area contributed by atoms with Crippen molar-refractivity contribution in [1.82, 2.24) is 4.72 Å². The predicted molar refractivity (Wildman–Crippen MR) is 76.2 cm³/mol. The van der Waals surface area contributed by atoms with Crippen LogP contribution in [0.1, 0.15) is 15.9 Å². The Kier molecular flexibility index (Phi) is 4.07. The minimum atomic E-state index is -3.91. The third-order valence-electron chi connectivity index (χ3n) is 2.57. The van der Waals surface area contributed by atoms with E-state index < -0.39 is 16.0 Å². The molecule has 0 spiro atoms. The third-order valence-corrected chi connectivity index (χ3v) is 4.76. The number of anilines is 1. The molecule has 1 aromatic carbocycles. The van der Waals surface area contributed by atoms with E-state index in [0.717, 1.165) is 11.6 Å². The van der Waals surface area contributed by atoms with Crippen LogP contribution in [-0.2, 0) is 16.6 Å². The van der Waals surface area contributed by atoms with Gasteiger partial charge in [0.2, 0.25) is 10.0 Å². The van der Waals surface area contributed by atoms with Gasteiger partial charge in [-0.3, -0.25) is 0 Å². The Hall–Kier alpha value is -1.90. The molecule has 0 aliphatic rings. The number of carboxylic acids is 1. The van der Waals surface area contributed by atoms with Crippen molar-refractivity contribution in [2.75, 3.05) is 5.73 Å². The molecule has 0 saturated heterocycles. The number of hydrogen-bond acceptors (Lipinski definition) is 5. The molecule has 0 aliphatic carbocycles. The molecule has 6 nitrogen and oxygen atoms in total. The standard InChI is InChI=1S/C12H12N2O4S2/c13-9-1-2-11(10(5-9)12(15)16)20(17,18)14-6-8-3-4-19-7-8/h1-5,7,14H,6,13H2,(H,15,16). The minimum Gasteiger partial charge on any atom is -0.478 e. The maximum atomic E-state index is 12.2. The zero-order valence-corrected chi connectivity index (χ0v) is 11.9. The molecule has 0 saturated carbocycles. The van der Waals surface area contributed by atoms with E-state index in [1.54, 1.807) is 6.07 Å². The molecule has 1 heterocycles. The molecule has 2 aromatic rings. The summed E-state index contributed by atoms with van der Waals surface area (Å²) < 4.78 is 26.7. The molecule has 8 heteroatoms. The molecule has 2 rings (SSSR count). The summed E-state index contributed by atoms with van der Waals surface area (Å²) in [6.45, 7) is 0.106. The van der Waals surface area contributed by atoms with Crippen molar-refractivity contribution in [3.05, 3.63) is 46.2 Å². The van der Waals surface area contributed by atoms with Crippen LogP contribution in [0.4, 0.5) is 5.69 Å². The van der Waals surface area contributed by atoms with Crippen LogP contribution < -0.4 is 10.5 Å². The van der Waals surface area contributed by atoms with Crippen LogP contribution >= 0.6 is 11.3 Å². The number of benzene rings is 1. The van der Waals surface area contributed by atoms with Gasteiger partial charge in [0.1, 0.15) is 0 Å². The van der Waals surface area contributed by atoms with E-state index in [0.29, 0.717) is 0 Å². The van der Waals surface area contributed by atoms with Crippen molar-refractivity contribution in [2.45, 2.75) is 11.4 Å². The number of aromatic carboxylic acids is 1. The minimum absolute atomic E-state index is 0.106. The smallest absolute Gasteiger partial charge is 0.337 e. The molecular weight excluding hydrogens is 300 g/mol. The number of nitrogens with two attached hydrogens (primary N) is 1. The number of sulfonamides is 1. The predicted octanol–water partition coefficient (Wildman–Crippen LogP) is 1.51. The van der Waals surface area contributed by atoms with Gasteiger partial charge < -0.3 is 10.8 Å². The highest BCUT2D eigenvalue weighted by molar-refractivity contribution is 7.89. The second kappa shape index (κ2) is 5.61. The fraction of sp³-hybridized carbons (Fsp3) is 0.0833. The molecule has 0 fully saturated rings. The van der Waals surface area contributed by atoms with Gasteiger partial charge in [0.05, 0.1) is 10.5 Å². The summed E-state index contributed by atoms with van der Waals surface area (Å²) in [5, 5.41) is 12.7. The molecule has 20 heavy (non-hydrogen) atoms. The lowest BCUT2D eigenvalue weighted by molar-refractivity contribution is 0.0692. The number of rotatable bonds is 5. The van der Waals surface area contributed by atoms with Crippen molar-refractivity contribution < 1.29 is 18.3 Å². The first kappa shape index (κ1) is 14.5. The summed E-state index contributed by atoms with van der Waals surface area (Å²) in [6.07, 6.45) is 0. The molecule has 0 radical (unpaired) electrons. The maximum Gasteiger partial charge on any atom is 0.337 e. The first-order valence-corrected chi connectivity index (χ1v) is 7.96. The Balaban J connectivity index is 2.31. The average molecular weight is 312 g/mol. The lowest BCUT2D eigenvalue weighted by Crippen LogP contribution is -2.25. The van der Waals surface area contributed by atoms with Gasteiger partial charge in [0, 0.05) is 12.2 Å². The second-order valence-electron chi connectivity index (χ2n) is 4.02. The van der Waals surface area contributed by atoms with E-state index in [9.17, 15) is 13.2 Å². The number of carbonyl (C=O) groups is 1. The van der Waals surface area contributed by atoms with E-state index in [2.05, 4.69) is 4.72 Å². The Morgan fingerprint density at radius 1 is 1.35 bits per heavy atom. The Labute approximate surface area is 119 Å². The highest BCUT2D eigenvalue weighted by Gasteiger charge is 2.22. The number of hydrogen-bond donors (Lipinski definition) is 3. The Morgan fingerprint density at radius 3 is 2.70 bits per heavy atom. The maximum absolute atomic E-state index is 12.2. The summed E-state index contributed by atoms with van der Waals surface area (Å²) in [5.74, 6) is -1.34. The molecule has 0 amide bonds. The molecule has 0 atom stereocenters. The van der Waals surface area contributed by atoms with Gasteiger partial charge in [-0.15, -0.1) is 0 Å². The largest absolute Gasteiger partial charge is 0.478 e. The van der Waals surface area contributed by atoms with Crippen LogP contribution in [0.15, 0.2) is 39.9 Å². The molecule has 106 valence electrons. The van der Waals surface area contributed by atoms with Gasteiger partial charge in [0.15, 0.2) is 0 Å². The quantitative estimate of drug-likeness (QED) is 0.725. The molecule has 0 unspecified atom stereocenters. The Bertz CT molecular complexity index is 724. The summed E-state index contributed by atoms with van der Waals surface area (Å²) in [7, 11) is -3.91. The third kappa shape index (κ3) is 3.16. The zero-order valence-electron chi connectivity index (χ0n) is 10.2. The number of thiophene rings is 1. The van der Waals surface area contributed by atoms with E-state index >= 15 is 0 Å². The first-order chi connectivity index (χ1) is 9.40. The topological polar surface area (TPSA) is 109 Å². The summed E-state index contributed by atoms with van der Waals surface area (Å²) >= 11 is 1.45. The summed E-state index contributed by atoms with van der Waals surface area (Å²) in [4.78, 5) is 10.8. The first-order valence-electron chi connectivity index (χ1n) is 5.54. The van der Waals surface area contributed by atoms with Gasteiger partial charge in [-0.25, -0.2) is 17.9 Å². The molecule has 0 aliphatic heterocycles. The van der Waals surface area contributed by atoms with Gasteiger partial charge >= 0.3 is 5.97 Å². The van der Waals surface area contributed by atoms with E-state index in [1.165, 1.54) is 23.5 Å². The van der Waals surface area contributed by atoms with Crippen molar-refractivity contribution in [3.8, 4) is 0 Å². The zero-order chi connectivity index (χ0) is 14.8. The average Bonchev–Trinajstić information content (AvgIpc) is 2.89. The fourth-order valence-electron chi connectivity index (χ4n) is 1.60. The van der Waals surface area contributed by atoms with E-state index in [-0.39, 0.29) is 22.7 Å². The van der Waals surface area contributed by atoms with Gasteiger partial charge in [0.25, 0.3) is 0 Å². The highest BCUT2D eigenvalue weighted by Crippen LogP contribution is 2.19. The SMILES string of the molecule is Nc1ccc(S(=O)(=O)NCc2ccsc2)c(C(=O)O)c1. The summed E-state index contributed by atoms with van der Waals surface area (Å²) in [6, 6.07) is 5.45. The molecular formula is C12H12N2O4S2. The Morgan fingerprint density at radius 2 is 2.10 bits per heavy atom. The van der Waals surface area contributed by atoms with Crippen molar-refractivity contribution >= 4 is 33.0 Å². The van der Waals surface area contributed by atoms with Crippen LogP contribution in [0.3, 0.4) is 0 Å². The van der Waals surface area contributed by atoms with Crippen LogP contribution in [-0.4, -0.2) is 19.5 Å². The summed E-state index contributed by atoms with van der Waals surface area (Å²) in [5.41, 5.74) is 6.14. The van der Waals surface area contributed by atoms with Gasteiger partial charge in [-0.2, -0.15) is 11.3 Å². The van der Waals surface area contributed by atoms with Gasteiger partial charge in [-0.05, 0) is 40.6 Å². The van der Waals surface area contributed by atoms with Crippen LogP contribution in [0.25, 0.3) is 0 Å².